The van der Waals surface area contributed by atoms with Crippen molar-refractivity contribution >= 4 is 39.6 Å². The van der Waals surface area contributed by atoms with Crippen LogP contribution < -0.4 is 5.14 Å². The molecular weight excluding hydrogens is 592 g/mol. The van der Waals surface area contributed by atoms with Gasteiger partial charge < -0.3 is 5.11 Å². The van der Waals surface area contributed by atoms with Gasteiger partial charge in [0.05, 0.1) is 16.3 Å². The second kappa shape index (κ2) is 11.7. The van der Waals surface area contributed by atoms with Gasteiger partial charge in [0.1, 0.15) is 0 Å². The highest BCUT2D eigenvalue weighted by molar-refractivity contribution is 7.82. The molecule has 42 heavy (non-hydrogen) atoms. The number of nitrogens with two attached hydrogens (primary N) is 1. The molecule has 3 N–H and O–H groups in total. The van der Waals surface area contributed by atoms with E-state index in [-0.39, 0.29) is 10.6 Å². The topological polar surface area (TPSA) is 111 Å². The Balaban J connectivity index is 1.48. The van der Waals surface area contributed by atoms with Crippen molar-refractivity contribution < 1.29 is 18.5 Å². The van der Waals surface area contributed by atoms with Gasteiger partial charge in [-0.1, -0.05) is 34.2 Å². The molecule has 3 heterocycles. The Labute approximate surface area is 252 Å². The van der Waals surface area contributed by atoms with E-state index in [4.69, 9.17) is 10.2 Å². The Morgan fingerprint density at radius 3 is 2.69 bits per heavy atom. The second-order valence-corrected chi connectivity index (χ2v) is 13.4. The summed E-state index contributed by atoms with van der Waals surface area (Å²) in [5.41, 5.74) is 4.82. The highest BCUT2D eigenvalue weighted by atomic mass is 32.2. The monoisotopic (exact) mass is 617 g/mol. The lowest BCUT2D eigenvalue weighted by Gasteiger charge is -2.09. The molecule has 0 radical (unpaired) electrons. The largest absolute Gasteiger partial charge is 0.476 e. The average Bonchev–Trinajstić information content (AvgIpc) is 3.31. The summed E-state index contributed by atoms with van der Waals surface area (Å²) in [7, 11) is -2.30. The molecule has 212 valence electrons. The molecule has 0 spiro atoms. The fourth-order valence-electron chi connectivity index (χ4n) is 4.75. The summed E-state index contributed by atoms with van der Waals surface area (Å²) in [5, 5.41) is 21.9. The van der Waals surface area contributed by atoms with Crippen LogP contribution in [-0.2, 0) is 28.0 Å². The van der Waals surface area contributed by atoms with Gasteiger partial charge in [0.2, 0.25) is 10.0 Å². The Morgan fingerprint density at radius 1 is 1.19 bits per heavy atom. The number of carboxylic acids is 1. The van der Waals surface area contributed by atoms with Gasteiger partial charge in [-0.2, -0.15) is 5.10 Å². The molecule has 6 rings (SSSR count). The molecule has 0 aliphatic heterocycles. The zero-order valence-corrected chi connectivity index (χ0v) is 25.0. The van der Waals surface area contributed by atoms with Gasteiger partial charge in [0, 0.05) is 33.4 Å². The number of thiophene rings is 1. The van der Waals surface area contributed by atoms with Crippen molar-refractivity contribution in [2.45, 2.75) is 37.5 Å². The van der Waals surface area contributed by atoms with Crippen molar-refractivity contribution in [2.75, 3.05) is 0 Å². The van der Waals surface area contributed by atoms with Crippen LogP contribution in [0.4, 0.5) is 4.39 Å². The Hall–Kier alpha value is -3.95. The predicted octanol–water partition coefficient (Wildman–Crippen LogP) is 6.07. The van der Waals surface area contributed by atoms with E-state index in [9.17, 15) is 18.5 Å². The van der Waals surface area contributed by atoms with Crippen LogP contribution in [0.2, 0.25) is 0 Å². The summed E-state index contributed by atoms with van der Waals surface area (Å²) >= 11 is 2.86. The van der Waals surface area contributed by atoms with Crippen molar-refractivity contribution in [3.8, 4) is 28.2 Å². The number of halogens is 1. The number of thiazole rings is 1. The van der Waals surface area contributed by atoms with E-state index in [1.165, 1.54) is 33.7 Å². The quantitative estimate of drug-likeness (QED) is 0.125. The number of thiol groups is 1. The molecule has 1 aliphatic carbocycles. The van der Waals surface area contributed by atoms with Gasteiger partial charge in [-0.15, -0.1) is 27.8 Å². The first kappa shape index (κ1) is 28.2. The molecule has 11 heteroatoms. The van der Waals surface area contributed by atoms with E-state index in [1.807, 2.05) is 43.3 Å². The van der Waals surface area contributed by atoms with Gasteiger partial charge in [-0.3, -0.25) is 0 Å². The Morgan fingerprint density at radius 2 is 2.02 bits per heavy atom. The number of carbonyl (C=O) groups is 1. The molecule has 1 saturated carbocycles. The number of aromatic carboxylic acids is 1. The first-order chi connectivity index (χ1) is 20.2. The van der Waals surface area contributed by atoms with Crippen molar-refractivity contribution in [1.82, 2.24) is 14.8 Å². The highest BCUT2D eigenvalue weighted by Crippen LogP contribution is 2.38. The van der Waals surface area contributed by atoms with E-state index in [1.54, 1.807) is 22.1 Å². The number of benzene rings is 2. The number of aromatic nitrogens is 3. The smallest absolute Gasteiger partial charge is 0.355 e. The SMILES string of the molecule is Cc1ccc(C#Cc2cccc(-c3nn(-c4nc(C(=O)O)cs4)c(CC4CC4)c3Cc3ccc([SH+](N)=O)c(F)c3)c2)s1. The minimum absolute atomic E-state index is 0.0148. The number of hydrogen-bond donors (Lipinski definition) is 2. The first-order valence-electron chi connectivity index (χ1n) is 13.2. The van der Waals surface area contributed by atoms with Crippen molar-refractivity contribution in [3.05, 3.63) is 104 Å². The maximum absolute atomic E-state index is 14.8. The van der Waals surface area contributed by atoms with Crippen molar-refractivity contribution in [3.63, 3.8) is 0 Å². The summed E-state index contributed by atoms with van der Waals surface area (Å²) in [5.74, 6) is 5.25. The van der Waals surface area contributed by atoms with Crippen LogP contribution in [0.5, 0.6) is 0 Å². The summed E-state index contributed by atoms with van der Waals surface area (Å²) < 4.78 is 28.3. The lowest BCUT2D eigenvalue weighted by Crippen LogP contribution is -2.07. The van der Waals surface area contributed by atoms with E-state index in [0.717, 1.165) is 46.5 Å². The molecule has 1 aliphatic rings. The van der Waals surface area contributed by atoms with Gasteiger partial charge in [-0.25, -0.2) is 18.9 Å². The van der Waals surface area contributed by atoms with E-state index in [2.05, 4.69) is 16.8 Å². The molecule has 1 unspecified atom stereocenters. The van der Waals surface area contributed by atoms with Crippen LogP contribution in [0.3, 0.4) is 0 Å². The normalized spacial score (nSPS) is 13.5. The lowest BCUT2D eigenvalue weighted by atomic mass is 9.96. The number of rotatable bonds is 8. The van der Waals surface area contributed by atoms with E-state index >= 15 is 0 Å². The van der Waals surface area contributed by atoms with Crippen LogP contribution in [0.15, 0.2) is 64.9 Å². The first-order valence-corrected chi connectivity index (χ1v) is 16.3. The third kappa shape index (κ3) is 6.12. The number of hydrogen-bond acceptors (Lipinski definition) is 6. The minimum Gasteiger partial charge on any atom is -0.476 e. The Kier molecular flexibility index (Phi) is 7.88. The summed E-state index contributed by atoms with van der Waals surface area (Å²) in [4.78, 5) is 18.1. The van der Waals surface area contributed by atoms with E-state index in [0.29, 0.717) is 28.7 Å². The number of nitrogens with zero attached hydrogens (tertiary/aromatic N) is 3. The fraction of sp³-hybridized carbons (Fsp3) is 0.194. The molecule has 0 bridgehead atoms. The second-order valence-electron chi connectivity index (χ2n) is 10.2. The molecule has 1 fully saturated rings. The van der Waals surface area contributed by atoms with E-state index < -0.39 is 22.8 Å². The molecule has 7 nitrogen and oxygen atoms in total. The lowest BCUT2D eigenvalue weighted by molar-refractivity contribution is 0.0691. The number of aryl methyl sites for hydroxylation is 1. The summed E-state index contributed by atoms with van der Waals surface area (Å²) in [6, 6.07) is 16.4. The molecule has 1 atom stereocenters. The zero-order chi connectivity index (χ0) is 29.4. The molecule has 3 aromatic heterocycles. The van der Waals surface area contributed by atoms with Crippen molar-refractivity contribution in [2.24, 2.45) is 11.1 Å². The maximum Gasteiger partial charge on any atom is 0.355 e. The van der Waals surface area contributed by atoms with Crippen LogP contribution >= 0.6 is 22.7 Å². The standard InChI is InChI=1S/C31H25FN4O3S3/c1-18-5-10-23(41-18)11-8-19-3-2-4-22(13-19)29-24(14-21-9-12-28(42(33)39)25(32)15-21)27(16-20-6-7-20)36(35-29)31-34-26(17-40-31)30(37)38/h2-5,9-10,12-13,15,17,20H,6-7,14,16H2,1H3,(H2,33,39)(H,37,38)/p+1. The van der Waals surface area contributed by atoms with Gasteiger partial charge in [-0.05, 0) is 74.1 Å². The maximum atomic E-state index is 14.8. The van der Waals surface area contributed by atoms with Gasteiger partial charge >= 0.3 is 5.97 Å². The third-order valence-corrected chi connectivity index (χ3v) is 9.57. The fourth-order valence-corrected chi connectivity index (χ4v) is 6.74. The average molecular weight is 618 g/mol. The minimum atomic E-state index is -2.30. The van der Waals surface area contributed by atoms with Crippen LogP contribution in [0.1, 0.15) is 55.5 Å². The molecule has 5 aromatic rings. The van der Waals surface area contributed by atoms with Crippen LogP contribution in [0, 0.1) is 30.5 Å². The molecule has 0 amide bonds. The summed E-state index contributed by atoms with van der Waals surface area (Å²) in [6.07, 6.45) is 3.28. The van der Waals surface area contributed by atoms with Gasteiger partial charge in [0.15, 0.2) is 22.5 Å². The molecule has 0 saturated heterocycles. The number of carboxylic acid groups (broad SMARTS) is 1. The van der Waals surface area contributed by atoms with Crippen molar-refractivity contribution in [1.29, 1.82) is 0 Å². The molecular formula is C31H26FN4O3S3+. The van der Waals surface area contributed by atoms with Gasteiger partial charge in [0.25, 0.3) is 0 Å². The third-order valence-electron chi connectivity index (χ3n) is 7.00. The van der Waals surface area contributed by atoms with Crippen LogP contribution in [0.25, 0.3) is 16.4 Å². The molecule has 2 aromatic carbocycles. The summed E-state index contributed by atoms with van der Waals surface area (Å²) in [6.45, 7) is 2.05. The zero-order valence-electron chi connectivity index (χ0n) is 22.5. The Bertz CT molecular complexity index is 1910. The predicted molar refractivity (Wildman–Crippen MR) is 164 cm³/mol. The van der Waals surface area contributed by atoms with Crippen LogP contribution in [-0.4, -0.2) is 25.8 Å². The highest BCUT2D eigenvalue weighted by Gasteiger charge is 2.29.